The summed E-state index contributed by atoms with van der Waals surface area (Å²) in [7, 11) is 1.62. The van der Waals surface area contributed by atoms with Crippen molar-refractivity contribution in [1.29, 1.82) is 0 Å². The van der Waals surface area contributed by atoms with Crippen LogP contribution in [0.4, 0.5) is 0 Å². The van der Waals surface area contributed by atoms with Crippen LogP contribution < -0.4 is 4.74 Å². The molecule has 1 aliphatic carbocycles. The van der Waals surface area contributed by atoms with E-state index >= 15 is 0 Å². The number of hydrogen-bond donors (Lipinski definition) is 1. The maximum atomic E-state index is 13.5. The normalized spacial score (nSPS) is 22.0. The summed E-state index contributed by atoms with van der Waals surface area (Å²) >= 11 is 0. The molecule has 4 rings (SSSR count). The van der Waals surface area contributed by atoms with E-state index in [0.29, 0.717) is 24.6 Å². The number of likely N-dealkylation sites (tertiary alicyclic amines) is 1. The van der Waals surface area contributed by atoms with Gasteiger partial charge in [0.25, 0.3) is 5.91 Å². The predicted molar refractivity (Wildman–Crippen MR) is 107 cm³/mol. The number of fused-ring (bicyclic) bond motifs is 1. The van der Waals surface area contributed by atoms with Crippen molar-refractivity contribution in [3.8, 4) is 5.75 Å². The monoisotopic (exact) mass is 384 g/mol. The zero-order valence-electron chi connectivity index (χ0n) is 16.8. The number of amides is 1. The second-order valence-electron chi connectivity index (χ2n) is 8.15. The third kappa shape index (κ3) is 3.05. The van der Waals surface area contributed by atoms with E-state index in [0.717, 1.165) is 48.2 Å². The Bertz CT molecular complexity index is 928. The van der Waals surface area contributed by atoms with Gasteiger partial charge in [-0.1, -0.05) is 6.92 Å². The molecule has 1 aromatic heterocycles. The van der Waals surface area contributed by atoms with Crippen LogP contribution in [0.15, 0.2) is 18.2 Å². The molecule has 2 aliphatic rings. The first kappa shape index (κ1) is 18.8. The SMILES string of the molecule is CCCn1c(C)c(C(=O)N2C[C@H](C(=O)O)[C@@H](C3CC3)C2)c2cc(OC)ccc21. The minimum absolute atomic E-state index is 0.0555. The summed E-state index contributed by atoms with van der Waals surface area (Å²) in [6.07, 6.45) is 3.14. The first-order valence-corrected chi connectivity index (χ1v) is 10.1. The molecule has 6 nitrogen and oxygen atoms in total. The molecule has 0 radical (unpaired) electrons. The van der Waals surface area contributed by atoms with Gasteiger partial charge in [0.05, 0.1) is 18.6 Å². The van der Waals surface area contributed by atoms with E-state index in [1.807, 2.05) is 25.1 Å². The fraction of sp³-hybridized carbons (Fsp3) is 0.545. The number of carbonyl (C=O) groups excluding carboxylic acids is 1. The number of hydrogen-bond acceptors (Lipinski definition) is 3. The minimum Gasteiger partial charge on any atom is -0.497 e. The molecule has 2 atom stereocenters. The average molecular weight is 384 g/mol. The Balaban J connectivity index is 1.74. The maximum absolute atomic E-state index is 13.5. The first-order valence-electron chi connectivity index (χ1n) is 10.1. The summed E-state index contributed by atoms with van der Waals surface area (Å²) in [4.78, 5) is 27.0. The zero-order chi connectivity index (χ0) is 20.0. The van der Waals surface area contributed by atoms with Crippen LogP contribution in [0.3, 0.4) is 0 Å². The van der Waals surface area contributed by atoms with Gasteiger partial charge in [0.1, 0.15) is 5.75 Å². The zero-order valence-corrected chi connectivity index (χ0v) is 16.8. The average Bonchev–Trinajstić information content (AvgIpc) is 3.37. The summed E-state index contributed by atoms with van der Waals surface area (Å²) in [6, 6.07) is 5.84. The molecule has 1 aromatic carbocycles. The Hall–Kier alpha value is -2.50. The molecule has 150 valence electrons. The quantitative estimate of drug-likeness (QED) is 0.827. The lowest BCUT2D eigenvalue weighted by Gasteiger charge is -2.17. The minimum atomic E-state index is -0.779. The fourth-order valence-corrected chi connectivity index (χ4v) is 4.79. The molecule has 2 heterocycles. The number of rotatable bonds is 6. The molecule has 2 fully saturated rings. The molecule has 28 heavy (non-hydrogen) atoms. The number of aliphatic carboxylic acids is 1. The molecule has 1 saturated heterocycles. The lowest BCUT2D eigenvalue weighted by molar-refractivity contribution is -0.142. The van der Waals surface area contributed by atoms with Gasteiger partial charge in [0.15, 0.2) is 0 Å². The Morgan fingerprint density at radius 2 is 2.00 bits per heavy atom. The van der Waals surface area contributed by atoms with Crippen molar-refractivity contribution in [2.75, 3.05) is 20.2 Å². The highest BCUT2D eigenvalue weighted by molar-refractivity contribution is 6.09. The van der Waals surface area contributed by atoms with E-state index in [9.17, 15) is 14.7 Å². The first-order chi connectivity index (χ1) is 13.5. The predicted octanol–water partition coefficient (Wildman–Crippen LogP) is 3.55. The molecule has 6 heteroatoms. The lowest BCUT2D eigenvalue weighted by atomic mass is 9.92. The number of nitrogens with zero attached hydrogens (tertiary/aromatic N) is 2. The van der Waals surface area contributed by atoms with Crippen LogP contribution in [0.1, 0.15) is 42.2 Å². The second kappa shape index (κ2) is 7.15. The van der Waals surface area contributed by atoms with E-state index < -0.39 is 11.9 Å². The summed E-state index contributed by atoms with van der Waals surface area (Å²) in [5.74, 6) is -0.0213. The van der Waals surface area contributed by atoms with Crippen molar-refractivity contribution in [3.63, 3.8) is 0 Å². The largest absolute Gasteiger partial charge is 0.497 e. The van der Waals surface area contributed by atoms with E-state index in [2.05, 4.69) is 11.5 Å². The summed E-state index contributed by atoms with van der Waals surface area (Å²) in [6.45, 7) is 5.79. The van der Waals surface area contributed by atoms with Gasteiger partial charge in [-0.25, -0.2) is 0 Å². The van der Waals surface area contributed by atoms with Crippen molar-refractivity contribution >= 4 is 22.8 Å². The molecule has 0 unspecified atom stereocenters. The number of benzene rings is 1. The Kier molecular flexibility index (Phi) is 4.81. The Labute approximate surface area is 165 Å². The number of aryl methyl sites for hydroxylation is 1. The topological polar surface area (TPSA) is 71.8 Å². The van der Waals surface area contributed by atoms with Crippen molar-refractivity contribution in [3.05, 3.63) is 29.5 Å². The molecule has 2 aromatic rings. The highest BCUT2D eigenvalue weighted by Gasteiger charge is 2.47. The van der Waals surface area contributed by atoms with Gasteiger partial charge >= 0.3 is 5.97 Å². The third-order valence-electron chi connectivity index (χ3n) is 6.39. The molecule has 1 saturated carbocycles. The number of carbonyl (C=O) groups is 2. The van der Waals surface area contributed by atoms with Gasteiger partial charge in [-0.3, -0.25) is 9.59 Å². The van der Waals surface area contributed by atoms with Gasteiger partial charge in [-0.2, -0.15) is 0 Å². The smallest absolute Gasteiger partial charge is 0.308 e. The van der Waals surface area contributed by atoms with Crippen molar-refractivity contribution in [2.45, 2.75) is 39.7 Å². The highest BCUT2D eigenvalue weighted by Crippen LogP contribution is 2.44. The van der Waals surface area contributed by atoms with Gasteiger partial charge in [0.2, 0.25) is 0 Å². The van der Waals surface area contributed by atoms with Crippen LogP contribution in [-0.4, -0.2) is 46.6 Å². The molecular weight excluding hydrogens is 356 g/mol. The van der Waals surface area contributed by atoms with Crippen LogP contribution in [0.5, 0.6) is 5.75 Å². The standard InChI is InChI=1S/C22H28N2O4/c1-4-9-24-13(2)20(16-10-15(28-3)7-8-19(16)24)21(25)23-11-17(14-5-6-14)18(12-23)22(26)27/h7-8,10,14,17-18H,4-6,9,11-12H2,1-3H3,(H,26,27)/t17-,18+/m1/s1. The number of carboxylic acids is 1. The molecule has 1 amide bonds. The van der Waals surface area contributed by atoms with Gasteiger partial charge in [-0.05, 0) is 56.2 Å². The number of aromatic nitrogens is 1. The molecule has 0 spiro atoms. The van der Waals surface area contributed by atoms with Gasteiger partial charge in [-0.15, -0.1) is 0 Å². The van der Waals surface area contributed by atoms with E-state index in [1.54, 1.807) is 12.0 Å². The number of ether oxygens (including phenoxy) is 1. The number of carboxylic acid groups (broad SMARTS) is 1. The van der Waals surface area contributed by atoms with Crippen LogP contribution in [0.25, 0.3) is 10.9 Å². The molecule has 0 bridgehead atoms. The summed E-state index contributed by atoms with van der Waals surface area (Å²) in [5.41, 5.74) is 2.65. The van der Waals surface area contributed by atoms with E-state index in [1.165, 1.54) is 0 Å². The summed E-state index contributed by atoms with van der Waals surface area (Å²) < 4.78 is 7.57. The Morgan fingerprint density at radius 3 is 2.61 bits per heavy atom. The molecule has 1 N–H and O–H groups in total. The van der Waals surface area contributed by atoms with Crippen molar-refractivity contribution < 1.29 is 19.4 Å². The van der Waals surface area contributed by atoms with Gasteiger partial charge in [0, 0.05) is 36.2 Å². The summed E-state index contributed by atoms with van der Waals surface area (Å²) in [5, 5.41) is 10.5. The molecule has 1 aliphatic heterocycles. The second-order valence-corrected chi connectivity index (χ2v) is 8.15. The Morgan fingerprint density at radius 1 is 1.25 bits per heavy atom. The lowest BCUT2D eigenvalue weighted by Crippen LogP contribution is -2.30. The third-order valence-corrected chi connectivity index (χ3v) is 6.39. The van der Waals surface area contributed by atoms with Crippen LogP contribution in [0, 0.1) is 24.7 Å². The highest BCUT2D eigenvalue weighted by atomic mass is 16.5. The van der Waals surface area contributed by atoms with E-state index in [4.69, 9.17) is 4.74 Å². The molecular formula is C22H28N2O4. The van der Waals surface area contributed by atoms with E-state index in [-0.39, 0.29) is 11.8 Å². The van der Waals surface area contributed by atoms with Crippen molar-refractivity contribution in [2.24, 2.45) is 17.8 Å². The maximum Gasteiger partial charge on any atom is 0.308 e. The van der Waals surface area contributed by atoms with Crippen LogP contribution in [0.2, 0.25) is 0 Å². The van der Waals surface area contributed by atoms with Crippen LogP contribution >= 0.6 is 0 Å². The number of methoxy groups -OCH3 is 1. The van der Waals surface area contributed by atoms with Crippen LogP contribution in [-0.2, 0) is 11.3 Å². The fourth-order valence-electron chi connectivity index (χ4n) is 4.79. The van der Waals surface area contributed by atoms with Crippen molar-refractivity contribution in [1.82, 2.24) is 9.47 Å². The van der Waals surface area contributed by atoms with Gasteiger partial charge < -0.3 is 19.3 Å².